The maximum Gasteiger partial charge on any atom is 0.191 e. The molecule has 0 aromatic carbocycles. The van der Waals surface area contributed by atoms with Crippen LogP contribution in [0.2, 0.25) is 0 Å². The average molecular weight is 475 g/mol. The van der Waals surface area contributed by atoms with Crippen molar-refractivity contribution in [1.29, 1.82) is 0 Å². The molecule has 136 valence electrons. The fourth-order valence-electron chi connectivity index (χ4n) is 2.75. The van der Waals surface area contributed by atoms with Gasteiger partial charge in [-0.25, -0.2) is 14.4 Å². The lowest BCUT2D eigenvalue weighted by molar-refractivity contribution is 0.612. The number of aromatic nitrogens is 1. The molecule has 8 heteroatoms. The molecule has 1 aliphatic rings. The van der Waals surface area contributed by atoms with Crippen molar-refractivity contribution < 1.29 is 4.39 Å². The van der Waals surface area contributed by atoms with Gasteiger partial charge >= 0.3 is 0 Å². The summed E-state index contributed by atoms with van der Waals surface area (Å²) in [6.45, 7) is 5.03. The van der Waals surface area contributed by atoms with E-state index in [2.05, 4.69) is 32.1 Å². The number of rotatable bonds is 5. The van der Waals surface area contributed by atoms with Crippen LogP contribution >= 0.6 is 35.3 Å². The van der Waals surface area contributed by atoms with Crippen molar-refractivity contribution in [2.45, 2.75) is 25.9 Å². The van der Waals surface area contributed by atoms with Crippen molar-refractivity contribution in [3.63, 3.8) is 0 Å². The first-order valence-corrected chi connectivity index (χ1v) is 9.07. The van der Waals surface area contributed by atoms with Crippen LogP contribution in [0.25, 0.3) is 0 Å². The van der Waals surface area contributed by atoms with Crippen molar-refractivity contribution in [3.8, 4) is 0 Å². The molecule has 0 spiro atoms. The smallest absolute Gasteiger partial charge is 0.191 e. The summed E-state index contributed by atoms with van der Waals surface area (Å²) >= 11 is 1.70. The largest absolute Gasteiger partial charge is 0.357 e. The second-order valence-corrected chi connectivity index (χ2v) is 6.69. The quantitative estimate of drug-likeness (QED) is 0.396. The Morgan fingerprint density at radius 1 is 1.44 bits per heavy atom. The first-order valence-electron chi connectivity index (χ1n) is 8.19. The van der Waals surface area contributed by atoms with Gasteiger partial charge in [-0.05, 0) is 36.9 Å². The Morgan fingerprint density at radius 2 is 2.32 bits per heavy atom. The standard InChI is InChI=1S/C17H22FN5S.HI/c1-2-19-17(21-11-14-5-4-10-24-14)22-13-7-9-23(12-13)16-15(18)6-3-8-20-16;/h3-6,8,10,13H,2,7,9,11-12H2,1H3,(H2,19,21,22);1H. The highest BCUT2D eigenvalue weighted by Crippen LogP contribution is 2.20. The van der Waals surface area contributed by atoms with E-state index in [1.54, 1.807) is 23.6 Å². The molecule has 0 saturated carbocycles. The van der Waals surface area contributed by atoms with Gasteiger partial charge in [-0.3, -0.25) is 0 Å². The lowest BCUT2D eigenvalue weighted by Crippen LogP contribution is -2.44. The summed E-state index contributed by atoms with van der Waals surface area (Å²) in [4.78, 5) is 12.0. The molecule has 3 rings (SSSR count). The molecular weight excluding hydrogens is 452 g/mol. The van der Waals surface area contributed by atoms with Gasteiger partial charge in [0.2, 0.25) is 0 Å². The van der Waals surface area contributed by atoms with Crippen LogP contribution in [0.15, 0.2) is 40.8 Å². The Morgan fingerprint density at radius 3 is 3.04 bits per heavy atom. The zero-order valence-electron chi connectivity index (χ0n) is 14.1. The second-order valence-electron chi connectivity index (χ2n) is 5.66. The number of nitrogens with one attached hydrogen (secondary N) is 2. The topological polar surface area (TPSA) is 52.6 Å². The Labute approximate surface area is 168 Å². The fourth-order valence-corrected chi connectivity index (χ4v) is 3.38. The van der Waals surface area contributed by atoms with Crippen LogP contribution in [-0.4, -0.2) is 36.6 Å². The number of anilines is 1. The molecule has 0 radical (unpaired) electrons. The number of pyridine rings is 1. The minimum Gasteiger partial charge on any atom is -0.357 e. The summed E-state index contributed by atoms with van der Waals surface area (Å²) in [6.07, 6.45) is 2.56. The summed E-state index contributed by atoms with van der Waals surface area (Å²) < 4.78 is 13.9. The van der Waals surface area contributed by atoms with E-state index in [0.29, 0.717) is 12.4 Å². The van der Waals surface area contributed by atoms with E-state index >= 15 is 0 Å². The van der Waals surface area contributed by atoms with E-state index in [-0.39, 0.29) is 35.8 Å². The molecule has 0 amide bonds. The maximum absolute atomic E-state index is 13.9. The molecule has 2 N–H and O–H groups in total. The van der Waals surface area contributed by atoms with Gasteiger partial charge < -0.3 is 15.5 Å². The van der Waals surface area contributed by atoms with Crippen LogP contribution in [0, 0.1) is 5.82 Å². The predicted octanol–water partition coefficient (Wildman–Crippen LogP) is 3.23. The molecule has 0 aliphatic carbocycles. The maximum atomic E-state index is 13.9. The summed E-state index contributed by atoms with van der Waals surface area (Å²) in [7, 11) is 0. The van der Waals surface area contributed by atoms with Crippen molar-refractivity contribution in [1.82, 2.24) is 15.6 Å². The van der Waals surface area contributed by atoms with Gasteiger partial charge in [0, 0.05) is 36.8 Å². The first-order chi connectivity index (χ1) is 11.8. The molecule has 1 unspecified atom stereocenters. The lowest BCUT2D eigenvalue weighted by Gasteiger charge is -2.19. The second kappa shape index (κ2) is 9.91. The van der Waals surface area contributed by atoms with Crippen LogP contribution in [0.5, 0.6) is 0 Å². The van der Waals surface area contributed by atoms with Crippen LogP contribution in [0.1, 0.15) is 18.2 Å². The molecule has 1 saturated heterocycles. The van der Waals surface area contributed by atoms with Crippen molar-refractivity contribution in [2.75, 3.05) is 24.5 Å². The summed E-state index contributed by atoms with van der Waals surface area (Å²) in [5.74, 6) is 0.970. The fraction of sp³-hybridized carbons (Fsp3) is 0.412. The van der Waals surface area contributed by atoms with E-state index in [1.165, 1.54) is 10.9 Å². The summed E-state index contributed by atoms with van der Waals surface area (Å²) in [5, 5.41) is 8.78. The Balaban J connectivity index is 0.00000225. The van der Waals surface area contributed by atoms with E-state index in [1.807, 2.05) is 17.9 Å². The average Bonchev–Trinajstić information content (AvgIpc) is 3.25. The third-order valence-electron chi connectivity index (χ3n) is 3.89. The van der Waals surface area contributed by atoms with Crippen LogP contribution < -0.4 is 15.5 Å². The van der Waals surface area contributed by atoms with Crippen LogP contribution in [0.4, 0.5) is 10.2 Å². The Hall–Kier alpha value is -1.42. The van der Waals surface area contributed by atoms with E-state index in [9.17, 15) is 4.39 Å². The van der Waals surface area contributed by atoms with Crippen molar-refractivity contribution >= 4 is 47.1 Å². The lowest BCUT2D eigenvalue weighted by atomic mass is 10.3. The first kappa shape index (κ1) is 19.9. The predicted molar refractivity (Wildman–Crippen MR) is 112 cm³/mol. The zero-order chi connectivity index (χ0) is 16.8. The van der Waals surface area contributed by atoms with Gasteiger partial charge in [0.25, 0.3) is 0 Å². The van der Waals surface area contributed by atoms with Crippen LogP contribution in [-0.2, 0) is 6.54 Å². The van der Waals surface area contributed by atoms with Gasteiger partial charge in [0.05, 0.1) is 6.54 Å². The van der Waals surface area contributed by atoms with E-state index in [4.69, 9.17) is 0 Å². The third kappa shape index (κ3) is 5.53. The van der Waals surface area contributed by atoms with E-state index in [0.717, 1.165) is 32.0 Å². The van der Waals surface area contributed by atoms with Gasteiger partial charge in [0.1, 0.15) is 0 Å². The Bertz CT molecular complexity index is 679. The van der Waals surface area contributed by atoms with Gasteiger partial charge in [0.15, 0.2) is 17.6 Å². The Kier molecular flexibility index (Phi) is 7.89. The molecular formula is C17H23FIN5S. The highest BCUT2D eigenvalue weighted by Gasteiger charge is 2.25. The summed E-state index contributed by atoms with van der Waals surface area (Å²) in [6, 6.07) is 7.42. The zero-order valence-corrected chi connectivity index (χ0v) is 17.3. The minimum absolute atomic E-state index is 0. The van der Waals surface area contributed by atoms with Crippen LogP contribution in [0.3, 0.4) is 0 Å². The molecule has 25 heavy (non-hydrogen) atoms. The number of hydrogen-bond donors (Lipinski definition) is 2. The normalized spacial score (nSPS) is 17.3. The number of nitrogens with zero attached hydrogens (tertiary/aromatic N) is 3. The molecule has 5 nitrogen and oxygen atoms in total. The SMILES string of the molecule is CCNC(=NCc1cccs1)NC1CCN(c2ncccc2F)C1.I. The summed E-state index contributed by atoms with van der Waals surface area (Å²) in [5.41, 5.74) is 0. The van der Waals surface area contributed by atoms with Gasteiger partial charge in [-0.15, -0.1) is 35.3 Å². The number of hydrogen-bond acceptors (Lipinski definition) is 4. The van der Waals surface area contributed by atoms with Gasteiger partial charge in [-0.2, -0.15) is 0 Å². The monoisotopic (exact) mass is 475 g/mol. The number of thiophene rings is 1. The number of guanidine groups is 1. The molecule has 2 aromatic heterocycles. The van der Waals surface area contributed by atoms with Crippen molar-refractivity contribution in [2.24, 2.45) is 4.99 Å². The molecule has 1 atom stereocenters. The molecule has 1 aliphatic heterocycles. The third-order valence-corrected chi connectivity index (χ3v) is 4.75. The number of aliphatic imine (C=N–C) groups is 1. The molecule has 3 heterocycles. The highest BCUT2D eigenvalue weighted by molar-refractivity contribution is 14.0. The highest BCUT2D eigenvalue weighted by atomic mass is 127. The minimum atomic E-state index is -0.267. The molecule has 2 aromatic rings. The van der Waals surface area contributed by atoms with Gasteiger partial charge in [-0.1, -0.05) is 6.07 Å². The van der Waals surface area contributed by atoms with E-state index < -0.39 is 0 Å². The van der Waals surface area contributed by atoms with Crippen molar-refractivity contribution in [3.05, 3.63) is 46.5 Å². The molecule has 1 fully saturated rings. The molecule has 0 bridgehead atoms. The number of halogens is 2.